The minimum Gasteiger partial charge on any atom is -0.459 e. The topological polar surface area (TPSA) is 29.5 Å². The Morgan fingerprint density at radius 2 is 1.96 bits per heavy atom. The Balaban J connectivity index is 0.00000243. The largest absolute Gasteiger partial charge is 0.459 e. The van der Waals surface area contributed by atoms with Crippen molar-refractivity contribution in [2.45, 2.75) is 70.9 Å². The van der Waals surface area contributed by atoms with E-state index in [2.05, 4.69) is 37.8 Å². The van der Waals surface area contributed by atoms with Crippen molar-refractivity contribution in [2.24, 2.45) is 5.41 Å². The molecule has 0 amide bonds. The molecule has 0 bridgehead atoms. The van der Waals surface area contributed by atoms with E-state index in [1.165, 1.54) is 12.5 Å². The minimum atomic E-state index is -0.350. The quantitative estimate of drug-likeness (QED) is 0.618. The van der Waals surface area contributed by atoms with Crippen molar-refractivity contribution in [1.82, 2.24) is 4.90 Å². The summed E-state index contributed by atoms with van der Waals surface area (Å²) in [4.78, 5) is 14.3. The molecule has 0 aromatic heterocycles. The van der Waals surface area contributed by atoms with Crippen LogP contribution >= 0.6 is 24.0 Å². The Hall–Kier alpha value is -0.770. The van der Waals surface area contributed by atoms with E-state index in [4.69, 9.17) is 16.3 Å². The monoisotopic (exact) mass is 399 g/mol. The fourth-order valence-electron chi connectivity index (χ4n) is 4.67. The van der Waals surface area contributed by atoms with E-state index >= 15 is 0 Å². The average molecular weight is 400 g/mol. The lowest BCUT2D eigenvalue weighted by atomic mass is 9.67. The maximum atomic E-state index is 11.7. The molecule has 2 fully saturated rings. The first-order chi connectivity index (χ1) is 11.7. The van der Waals surface area contributed by atoms with E-state index in [-0.39, 0.29) is 29.4 Å². The second kappa shape index (κ2) is 8.08. The Bertz CT molecular complexity index is 643. The van der Waals surface area contributed by atoms with E-state index in [1.807, 2.05) is 12.1 Å². The van der Waals surface area contributed by atoms with Gasteiger partial charge in [0.1, 0.15) is 5.60 Å². The van der Waals surface area contributed by atoms with Crippen molar-refractivity contribution in [1.29, 1.82) is 0 Å². The highest BCUT2D eigenvalue weighted by Crippen LogP contribution is 2.47. The van der Waals surface area contributed by atoms with Crippen LogP contribution in [0.15, 0.2) is 24.3 Å². The van der Waals surface area contributed by atoms with Crippen LogP contribution in [0.2, 0.25) is 5.02 Å². The second-order valence-electron chi connectivity index (χ2n) is 8.74. The highest BCUT2D eigenvalue weighted by Gasteiger charge is 2.51. The Kier molecular flexibility index (Phi) is 6.69. The molecule has 1 aromatic rings. The molecule has 0 unspecified atom stereocenters. The normalized spacial score (nSPS) is 29.4. The number of esters is 1. The number of carbonyl (C=O) groups is 1. The van der Waals surface area contributed by atoms with E-state index < -0.39 is 0 Å². The molecule has 0 N–H and O–H groups in total. The smallest absolute Gasteiger partial charge is 0.303 e. The Morgan fingerprint density at radius 1 is 1.27 bits per heavy atom. The van der Waals surface area contributed by atoms with Gasteiger partial charge in [-0.25, -0.2) is 0 Å². The van der Waals surface area contributed by atoms with E-state index in [0.717, 1.165) is 43.8 Å². The lowest BCUT2D eigenvalue weighted by molar-refractivity contribution is -0.186. The van der Waals surface area contributed by atoms with Gasteiger partial charge < -0.3 is 4.74 Å². The minimum absolute atomic E-state index is 0. The fraction of sp³-hybridized carbons (Fsp3) is 0.667. The molecule has 2 heterocycles. The predicted octanol–water partition coefficient (Wildman–Crippen LogP) is 5.45. The number of carbonyl (C=O) groups excluding carboxylic acids is 1. The molecule has 26 heavy (non-hydrogen) atoms. The summed E-state index contributed by atoms with van der Waals surface area (Å²) in [6.07, 6.45) is 4.12. The van der Waals surface area contributed by atoms with Crippen molar-refractivity contribution in [3.8, 4) is 0 Å². The number of piperidine rings is 2. The summed E-state index contributed by atoms with van der Waals surface area (Å²) >= 11 is 6.42. The van der Waals surface area contributed by atoms with Crippen LogP contribution in [0.25, 0.3) is 0 Å². The third kappa shape index (κ3) is 4.21. The molecule has 0 radical (unpaired) electrons. The van der Waals surface area contributed by atoms with Gasteiger partial charge in [-0.15, -0.1) is 12.4 Å². The van der Waals surface area contributed by atoms with Gasteiger partial charge in [-0.3, -0.25) is 9.69 Å². The highest BCUT2D eigenvalue weighted by atomic mass is 35.5. The molecule has 146 valence electrons. The maximum absolute atomic E-state index is 11.7. The number of hydrogen-bond donors (Lipinski definition) is 0. The molecule has 3 atom stereocenters. The fourth-order valence-corrected chi connectivity index (χ4v) is 4.96. The molecule has 3 nitrogen and oxygen atoms in total. The zero-order valence-corrected chi connectivity index (χ0v) is 17.8. The van der Waals surface area contributed by atoms with Crippen LogP contribution in [0.5, 0.6) is 0 Å². The van der Waals surface area contributed by atoms with Crippen LogP contribution in [0.3, 0.4) is 0 Å². The van der Waals surface area contributed by atoms with Gasteiger partial charge in [0, 0.05) is 49.3 Å². The van der Waals surface area contributed by atoms with Gasteiger partial charge in [-0.1, -0.05) is 50.6 Å². The summed E-state index contributed by atoms with van der Waals surface area (Å²) in [6, 6.07) is 8.72. The first-order valence-electron chi connectivity index (χ1n) is 9.40. The van der Waals surface area contributed by atoms with Crippen molar-refractivity contribution in [3.05, 3.63) is 34.9 Å². The number of nitrogens with zero attached hydrogens (tertiary/aromatic N) is 1. The molecule has 2 aliphatic heterocycles. The van der Waals surface area contributed by atoms with Crippen LogP contribution in [-0.2, 0) is 9.53 Å². The standard InChI is InChI=1S/C21H30ClNO2.ClH/c1-15(24)25-21(20(2,3)4)11-12-23-14-16(9-10-17(23)13-21)18-7-5-6-8-19(18)22;/h5-8,16-17H,9-14H2,1-4H3;1H/t16-,17+,21-;/m0./s1. The van der Waals surface area contributed by atoms with E-state index in [1.54, 1.807) is 0 Å². The van der Waals surface area contributed by atoms with Crippen molar-refractivity contribution >= 4 is 30.0 Å². The molecule has 0 saturated carbocycles. The zero-order valence-electron chi connectivity index (χ0n) is 16.3. The summed E-state index contributed by atoms with van der Waals surface area (Å²) < 4.78 is 5.94. The van der Waals surface area contributed by atoms with Crippen LogP contribution in [0.1, 0.15) is 64.9 Å². The van der Waals surface area contributed by atoms with Gasteiger partial charge in [-0.2, -0.15) is 0 Å². The first kappa shape index (κ1) is 21.5. The SMILES string of the molecule is CC(=O)O[C@@]1(C(C)(C)C)CCN2C[C@@H](c3ccccc3Cl)CC[C@@H]2C1.Cl. The molecular formula is C21H31Cl2NO2. The number of halogens is 2. The van der Waals surface area contributed by atoms with Crippen LogP contribution in [-0.4, -0.2) is 35.6 Å². The Labute approximate surface area is 168 Å². The van der Waals surface area contributed by atoms with Gasteiger partial charge in [0.25, 0.3) is 0 Å². The Morgan fingerprint density at radius 3 is 2.58 bits per heavy atom. The van der Waals surface area contributed by atoms with Gasteiger partial charge in [-0.05, 0) is 30.4 Å². The number of benzene rings is 1. The molecule has 0 aliphatic carbocycles. The van der Waals surface area contributed by atoms with E-state index in [0.29, 0.717) is 12.0 Å². The number of fused-ring (bicyclic) bond motifs is 1. The number of ether oxygens (including phenoxy) is 1. The van der Waals surface area contributed by atoms with Crippen molar-refractivity contribution < 1.29 is 9.53 Å². The molecule has 5 heteroatoms. The summed E-state index contributed by atoms with van der Waals surface area (Å²) in [5.41, 5.74) is 0.872. The lowest BCUT2D eigenvalue weighted by Gasteiger charge is -2.54. The van der Waals surface area contributed by atoms with Crippen molar-refractivity contribution in [3.63, 3.8) is 0 Å². The van der Waals surface area contributed by atoms with Gasteiger partial charge in [0.05, 0.1) is 0 Å². The molecule has 1 aromatic carbocycles. The van der Waals surface area contributed by atoms with Gasteiger partial charge in [0.15, 0.2) is 0 Å². The summed E-state index contributed by atoms with van der Waals surface area (Å²) in [6.45, 7) is 10.2. The molecule has 0 spiro atoms. The third-order valence-electron chi connectivity index (χ3n) is 6.24. The van der Waals surface area contributed by atoms with Crippen molar-refractivity contribution in [2.75, 3.05) is 13.1 Å². The second-order valence-corrected chi connectivity index (χ2v) is 9.14. The van der Waals surface area contributed by atoms with Crippen LogP contribution < -0.4 is 0 Å². The molecule has 3 rings (SSSR count). The number of rotatable bonds is 2. The summed E-state index contributed by atoms with van der Waals surface area (Å²) in [7, 11) is 0. The first-order valence-corrected chi connectivity index (χ1v) is 9.78. The van der Waals surface area contributed by atoms with E-state index in [9.17, 15) is 4.79 Å². The predicted molar refractivity (Wildman–Crippen MR) is 109 cm³/mol. The van der Waals surface area contributed by atoms with Crippen LogP contribution in [0, 0.1) is 5.41 Å². The third-order valence-corrected chi connectivity index (χ3v) is 6.58. The van der Waals surface area contributed by atoms with Crippen LogP contribution in [0.4, 0.5) is 0 Å². The van der Waals surface area contributed by atoms with Gasteiger partial charge >= 0.3 is 5.97 Å². The highest BCUT2D eigenvalue weighted by molar-refractivity contribution is 6.31. The maximum Gasteiger partial charge on any atom is 0.303 e. The molecule has 2 aliphatic rings. The number of hydrogen-bond acceptors (Lipinski definition) is 3. The zero-order chi connectivity index (χ0) is 18.2. The van der Waals surface area contributed by atoms with Gasteiger partial charge in [0.2, 0.25) is 0 Å². The summed E-state index contributed by atoms with van der Waals surface area (Å²) in [5.74, 6) is 0.342. The average Bonchev–Trinajstić information content (AvgIpc) is 2.53. The molecular weight excluding hydrogens is 369 g/mol. The molecule has 2 saturated heterocycles. The summed E-state index contributed by atoms with van der Waals surface area (Å²) in [5, 5.41) is 0.881. The lowest BCUT2D eigenvalue weighted by Crippen LogP contribution is -2.59.